The topological polar surface area (TPSA) is 9.23 Å². The Morgan fingerprint density at radius 2 is 2.06 bits per heavy atom. The molecule has 0 saturated carbocycles. The number of hydrogen-bond acceptors (Lipinski definition) is 1. The van der Waals surface area contributed by atoms with Crippen molar-refractivity contribution in [1.29, 1.82) is 0 Å². The second-order valence-corrected chi connectivity index (χ2v) is 6.39. The van der Waals surface area contributed by atoms with Gasteiger partial charge in [0.25, 0.3) is 0 Å². The van der Waals surface area contributed by atoms with Crippen molar-refractivity contribution in [3.05, 3.63) is 33.8 Å². The molecule has 0 spiro atoms. The lowest BCUT2D eigenvalue weighted by Crippen LogP contribution is -2.09. The van der Waals surface area contributed by atoms with Crippen LogP contribution in [0.15, 0.2) is 12.1 Å². The Morgan fingerprint density at radius 1 is 1.35 bits per heavy atom. The molecule has 1 fully saturated rings. The highest BCUT2D eigenvalue weighted by Crippen LogP contribution is 2.40. The van der Waals surface area contributed by atoms with Crippen LogP contribution in [0.3, 0.4) is 0 Å². The average Bonchev–Trinajstić information content (AvgIpc) is 2.69. The van der Waals surface area contributed by atoms with Gasteiger partial charge in [-0.3, -0.25) is 0 Å². The molecule has 17 heavy (non-hydrogen) atoms. The van der Waals surface area contributed by atoms with Gasteiger partial charge in [0.05, 0.1) is 12.7 Å². The predicted octanol–water partition coefficient (Wildman–Crippen LogP) is 4.82. The SMILES string of the molecule is Cc1cc(C(Br)C2COC(C)C2)c(C)cc1Cl. The van der Waals surface area contributed by atoms with Crippen LogP contribution in [-0.2, 0) is 4.74 Å². The van der Waals surface area contributed by atoms with Crippen molar-refractivity contribution in [1.82, 2.24) is 0 Å². The van der Waals surface area contributed by atoms with Crippen LogP contribution in [0.1, 0.15) is 34.9 Å². The van der Waals surface area contributed by atoms with Gasteiger partial charge < -0.3 is 4.74 Å². The molecular formula is C14H18BrClO. The van der Waals surface area contributed by atoms with Crippen molar-refractivity contribution in [3.8, 4) is 0 Å². The molecule has 3 heteroatoms. The number of benzene rings is 1. The molecule has 1 saturated heterocycles. The van der Waals surface area contributed by atoms with E-state index in [4.69, 9.17) is 16.3 Å². The van der Waals surface area contributed by atoms with E-state index in [2.05, 4.69) is 48.8 Å². The van der Waals surface area contributed by atoms with Crippen LogP contribution in [0.5, 0.6) is 0 Å². The summed E-state index contributed by atoms with van der Waals surface area (Å²) in [7, 11) is 0. The molecule has 1 aliphatic heterocycles. The summed E-state index contributed by atoms with van der Waals surface area (Å²) in [6, 6.07) is 4.25. The van der Waals surface area contributed by atoms with Gasteiger partial charge in [0.15, 0.2) is 0 Å². The molecule has 0 N–H and O–H groups in total. The van der Waals surface area contributed by atoms with Gasteiger partial charge in [-0.25, -0.2) is 0 Å². The fourth-order valence-corrected chi connectivity index (χ4v) is 3.49. The molecule has 0 aliphatic carbocycles. The lowest BCUT2D eigenvalue weighted by molar-refractivity contribution is 0.120. The van der Waals surface area contributed by atoms with Gasteiger partial charge in [-0.2, -0.15) is 0 Å². The molecule has 1 aromatic rings. The van der Waals surface area contributed by atoms with Crippen LogP contribution in [0.25, 0.3) is 0 Å². The van der Waals surface area contributed by atoms with Gasteiger partial charge in [-0.15, -0.1) is 0 Å². The fourth-order valence-electron chi connectivity index (χ4n) is 2.41. The summed E-state index contributed by atoms with van der Waals surface area (Å²) in [6.45, 7) is 7.16. The molecule has 1 aliphatic rings. The number of ether oxygens (including phenoxy) is 1. The molecule has 0 amide bonds. The largest absolute Gasteiger partial charge is 0.378 e. The molecule has 0 radical (unpaired) electrons. The molecule has 1 nitrogen and oxygen atoms in total. The zero-order valence-electron chi connectivity index (χ0n) is 10.5. The van der Waals surface area contributed by atoms with Crippen LogP contribution < -0.4 is 0 Å². The van der Waals surface area contributed by atoms with Crippen molar-refractivity contribution in [2.45, 2.75) is 38.1 Å². The smallest absolute Gasteiger partial charge is 0.0551 e. The highest BCUT2D eigenvalue weighted by Gasteiger charge is 2.29. The highest BCUT2D eigenvalue weighted by molar-refractivity contribution is 9.09. The zero-order valence-corrected chi connectivity index (χ0v) is 12.8. The average molecular weight is 318 g/mol. The number of hydrogen-bond donors (Lipinski definition) is 0. The standard InChI is InChI=1S/C14H18BrClO/c1-8-5-13(16)9(2)4-12(8)14(15)11-6-10(3)17-7-11/h4-5,10-11,14H,6-7H2,1-3H3. The van der Waals surface area contributed by atoms with Gasteiger partial charge in [0, 0.05) is 15.8 Å². The zero-order chi connectivity index (χ0) is 12.6. The van der Waals surface area contributed by atoms with E-state index < -0.39 is 0 Å². The first-order valence-corrected chi connectivity index (χ1v) is 7.30. The number of aryl methyl sites for hydroxylation is 2. The minimum atomic E-state index is 0.364. The van der Waals surface area contributed by atoms with Gasteiger partial charge in [-0.1, -0.05) is 33.6 Å². The van der Waals surface area contributed by atoms with Crippen LogP contribution in [0, 0.1) is 19.8 Å². The summed E-state index contributed by atoms with van der Waals surface area (Å²) < 4.78 is 5.65. The van der Waals surface area contributed by atoms with Crippen LogP contribution in [0.2, 0.25) is 5.02 Å². The highest BCUT2D eigenvalue weighted by atomic mass is 79.9. The molecule has 0 bridgehead atoms. The molecule has 1 aromatic carbocycles. The van der Waals surface area contributed by atoms with E-state index in [1.807, 2.05) is 0 Å². The van der Waals surface area contributed by atoms with E-state index in [0.717, 1.165) is 23.6 Å². The Labute approximate surface area is 117 Å². The van der Waals surface area contributed by atoms with Crippen molar-refractivity contribution >= 4 is 27.5 Å². The second kappa shape index (κ2) is 5.29. The third-order valence-electron chi connectivity index (χ3n) is 3.49. The van der Waals surface area contributed by atoms with E-state index in [1.165, 1.54) is 11.1 Å². The third kappa shape index (κ3) is 2.86. The summed E-state index contributed by atoms with van der Waals surface area (Å²) in [4.78, 5) is 0.364. The van der Waals surface area contributed by atoms with Gasteiger partial charge in [-0.05, 0) is 49.9 Å². The monoisotopic (exact) mass is 316 g/mol. The van der Waals surface area contributed by atoms with Crippen LogP contribution >= 0.6 is 27.5 Å². The summed E-state index contributed by atoms with van der Waals surface area (Å²) in [5, 5.41) is 0.849. The predicted molar refractivity (Wildman–Crippen MR) is 76.1 cm³/mol. The van der Waals surface area contributed by atoms with E-state index in [0.29, 0.717) is 16.8 Å². The van der Waals surface area contributed by atoms with Gasteiger partial charge in [0.2, 0.25) is 0 Å². The maximum Gasteiger partial charge on any atom is 0.0551 e. The van der Waals surface area contributed by atoms with Crippen molar-refractivity contribution < 1.29 is 4.74 Å². The Kier molecular flexibility index (Phi) is 4.17. The number of halogens is 2. The van der Waals surface area contributed by atoms with E-state index in [9.17, 15) is 0 Å². The summed E-state index contributed by atoms with van der Waals surface area (Å²) in [5.74, 6) is 0.560. The van der Waals surface area contributed by atoms with Crippen molar-refractivity contribution in [2.24, 2.45) is 5.92 Å². The van der Waals surface area contributed by atoms with Crippen LogP contribution in [-0.4, -0.2) is 12.7 Å². The van der Waals surface area contributed by atoms with Crippen molar-refractivity contribution in [3.63, 3.8) is 0 Å². The maximum absolute atomic E-state index is 6.13. The van der Waals surface area contributed by atoms with E-state index in [1.54, 1.807) is 0 Å². The Hall–Kier alpha value is -0.0500. The first-order valence-electron chi connectivity index (χ1n) is 6.01. The summed E-state index contributed by atoms with van der Waals surface area (Å²) >= 11 is 9.96. The molecule has 94 valence electrons. The van der Waals surface area contributed by atoms with Crippen LogP contribution in [0.4, 0.5) is 0 Å². The van der Waals surface area contributed by atoms with E-state index in [-0.39, 0.29) is 0 Å². The Balaban J connectivity index is 2.24. The second-order valence-electron chi connectivity index (χ2n) is 5.00. The minimum absolute atomic E-state index is 0.364. The lowest BCUT2D eigenvalue weighted by Gasteiger charge is -2.19. The molecule has 3 unspecified atom stereocenters. The van der Waals surface area contributed by atoms with Gasteiger partial charge in [0.1, 0.15) is 0 Å². The summed E-state index contributed by atoms with van der Waals surface area (Å²) in [5.41, 5.74) is 3.74. The fraction of sp³-hybridized carbons (Fsp3) is 0.571. The Bertz CT molecular complexity index is 419. The third-order valence-corrected chi connectivity index (χ3v) is 5.14. The molecule has 3 atom stereocenters. The molecule has 1 heterocycles. The van der Waals surface area contributed by atoms with E-state index >= 15 is 0 Å². The molecular weight excluding hydrogens is 300 g/mol. The quantitative estimate of drug-likeness (QED) is 0.711. The number of alkyl halides is 1. The number of rotatable bonds is 2. The first-order chi connectivity index (χ1) is 7.99. The lowest BCUT2D eigenvalue weighted by atomic mass is 9.93. The molecule has 0 aromatic heterocycles. The minimum Gasteiger partial charge on any atom is -0.378 e. The molecule has 2 rings (SSSR count). The first kappa shape index (κ1) is 13.4. The Morgan fingerprint density at radius 3 is 2.65 bits per heavy atom. The van der Waals surface area contributed by atoms with Gasteiger partial charge >= 0.3 is 0 Å². The summed E-state index contributed by atoms with van der Waals surface area (Å²) in [6.07, 6.45) is 1.51. The maximum atomic E-state index is 6.13. The normalized spacial score (nSPS) is 26.2. The van der Waals surface area contributed by atoms with Crippen molar-refractivity contribution in [2.75, 3.05) is 6.61 Å².